The highest BCUT2D eigenvalue weighted by Crippen LogP contribution is 2.25. The van der Waals surface area contributed by atoms with E-state index in [0.717, 1.165) is 24.5 Å². The Kier molecular flexibility index (Phi) is 6.95. The van der Waals surface area contributed by atoms with Gasteiger partial charge in [-0.15, -0.1) is 0 Å². The molecule has 1 aromatic carbocycles. The Morgan fingerprint density at radius 2 is 1.91 bits per heavy atom. The van der Waals surface area contributed by atoms with E-state index in [1.807, 2.05) is 12.1 Å². The third-order valence-corrected chi connectivity index (χ3v) is 2.97. The van der Waals surface area contributed by atoms with Crippen molar-refractivity contribution in [3.05, 3.63) is 35.5 Å². The Morgan fingerprint density at radius 3 is 2.45 bits per heavy atom. The minimum absolute atomic E-state index is 0.0000406. The predicted octanol–water partition coefficient (Wildman–Crippen LogP) is 2.29. The highest BCUT2D eigenvalue weighted by molar-refractivity contribution is 5.98. The summed E-state index contributed by atoms with van der Waals surface area (Å²) in [4.78, 5) is 23.2. The molecule has 0 amide bonds. The number of hydrogen-bond donors (Lipinski definition) is 1. The summed E-state index contributed by atoms with van der Waals surface area (Å²) in [7, 11) is 4.04. The van der Waals surface area contributed by atoms with Crippen LogP contribution in [0, 0.1) is 0 Å². The number of carbonyl (C=O) groups excluding carboxylic acids is 2. The molecule has 0 spiro atoms. The van der Waals surface area contributed by atoms with E-state index in [0.29, 0.717) is 11.4 Å². The first-order chi connectivity index (χ1) is 10.5. The number of carbonyl (C=O) groups is 2. The fourth-order valence-electron chi connectivity index (χ4n) is 1.86. The van der Waals surface area contributed by atoms with Crippen LogP contribution in [0.5, 0.6) is 5.75 Å². The summed E-state index contributed by atoms with van der Waals surface area (Å²) >= 11 is 0. The van der Waals surface area contributed by atoms with E-state index in [4.69, 9.17) is 4.74 Å². The molecule has 0 fully saturated rings. The molecule has 6 heteroatoms. The number of benzene rings is 1. The van der Waals surface area contributed by atoms with Gasteiger partial charge in [0.25, 0.3) is 0 Å². The van der Waals surface area contributed by atoms with Gasteiger partial charge < -0.3 is 19.5 Å². The van der Waals surface area contributed by atoms with E-state index in [2.05, 4.69) is 21.7 Å². The van der Waals surface area contributed by atoms with Crippen LogP contribution in [0.15, 0.2) is 30.0 Å². The molecule has 0 heterocycles. The first-order valence-corrected chi connectivity index (χ1v) is 6.87. The van der Waals surface area contributed by atoms with Gasteiger partial charge in [-0.3, -0.25) is 0 Å². The van der Waals surface area contributed by atoms with Crippen LogP contribution in [0.25, 0.3) is 0 Å². The van der Waals surface area contributed by atoms with Crippen molar-refractivity contribution < 1.29 is 23.8 Å². The van der Waals surface area contributed by atoms with Gasteiger partial charge in [-0.2, -0.15) is 0 Å². The van der Waals surface area contributed by atoms with E-state index in [1.54, 1.807) is 13.2 Å². The Morgan fingerprint density at radius 1 is 1.18 bits per heavy atom. The fraction of sp³-hybridized carbons (Fsp3) is 0.375. The summed E-state index contributed by atoms with van der Waals surface area (Å²) < 4.78 is 14.4. The molecule has 0 aromatic heterocycles. The van der Waals surface area contributed by atoms with Gasteiger partial charge in [0.1, 0.15) is 11.4 Å². The normalized spacial score (nSPS) is 10.8. The standard InChI is InChI=1S/C16H21NO5/c1-5-6-11-7-8-12(20-2)9-13(11)17-14(16(19)22-4)10-15(18)21-3/h7-10,17H,5-6H2,1-4H3. The quantitative estimate of drug-likeness (QED) is 0.615. The topological polar surface area (TPSA) is 73.9 Å². The fourth-order valence-corrected chi connectivity index (χ4v) is 1.86. The van der Waals surface area contributed by atoms with Gasteiger partial charge in [-0.25, -0.2) is 9.59 Å². The minimum atomic E-state index is -0.657. The number of ether oxygens (including phenoxy) is 3. The lowest BCUT2D eigenvalue weighted by Gasteiger charge is -2.14. The molecule has 0 unspecified atom stereocenters. The summed E-state index contributed by atoms with van der Waals surface area (Å²) in [5, 5.41) is 2.93. The van der Waals surface area contributed by atoms with Gasteiger partial charge in [-0.05, 0) is 18.1 Å². The molecular weight excluding hydrogens is 286 g/mol. The maximum Gasteiger partial charge on any atom is 0.354 e. The van der Waals surface area contributed by atoms with Crippen molar-refractivity contribution in [2.24, 2.45) is 0 Å². The molecule has 0 aliphatic rings. The molecular formula is C16H21NO5. The van der Waals surface area contributed by atoms with Crippen LogP contribution in [0.1, 0.15) is 18.9 Å². The summed E-state index contributed by atoms with van der Waals surface area (Å²) in [6.07, 6.45) is 2.81. The molecule has 1 rings (SSSR count). The molecule has 0 aliphatic carbocycles. The molecule has 0 radical (unpaired) electrons. The lowest BCUT2D eigenvalue weighted by atomic mass is 10.1. The number of anilines is 1. The van der Waals surface area contributed by atoms with Gasteiger partial charge >= 0.3 is 11.9 Å². The predicted molar refractivity (Wildman–Crippen MR) is 82.7 cm³/mol. The van der Waals surface area contributed by atoms with E-state index in [1.165, 1.54) is 14.2 Å². The van der Waals surface area contributed by atoms with Crippen LogP contribution in [0.4, 0.5) is 5.69 Å². The van der Waals surface area contributed by atoms with Gasteiger partial charge in [0.2, 0.25) is 0 Å². The summed E-state index contributed by atoms with van der Waals surface area (Å²) in [5.74, 6) is -0.659. The second-order valence-electron chi connectivity index (χ2n) is 4.47. The van der Waals surface area contributed by atoms with Crippen molar-refractivity contribution in [2.45, 2.75) is 19.8 Å². The van der Waals surface area contributed by atoms with Crippen LogP contribution in [-0.2, 0) is 25.5 Å². The smallest absolute Gasteiger partial charge is 0.354 e. The van der Waals surface area contributed by atoms with Crippen molar-refractivity contribution in [2.75, 3.05) is 26.6 Å². The zero-order valence-electron chi connectivity index (χ0n) is 13.3. The van der Waals surface area contributed by atoms with Gasteiger partial charge in [0.05, 0.1) is 27.4 Å². The number of esters is 2. The third kappa shape index (κ3) is 4.80. The van der Waals surface area contributed by atoms with Crippen LogP contribution in [0.2, 0.25) is 0 Å². The number of hydrogen-bond acceptors (Lipinski definition) is 6. The Hall–Kier alpha value is -2.50. The first-order valence-electron chi connectivity index (χ1n) is 6.87. The van der Waals surface area contributed by atoms with Crippen LogP contribution < -0.4 is 10.1 Å². The van der Waals surface area contributed by atoms with Crippen LogP contribution in [0.3, 0.4) is 0 Å². The maximum absolute atomic E-state index is 11.8. The summed E-state index contributed by atoms with van der Waals surface area (Å²) in [6.45, 7) is 2.06. The summed E-state index contributed by atoms with van der Waals surface area (Å²) in [5.41, 5.74) is 1.68. The number of rotatable bonds is 7. The lowest BCUT2D eigenvalue weighted by molar-refractivity contribution is -0.138. The monoisotopic (exact) mass is 307 g/mol. The first kappa shape index (κ1) is 17.6. The van der Waals surface area contributed by atoms with Crippen molar-refractivity contribution in [3.8, 4) is 5.75 Å². The van der Waals surface area contributed by atoms with E-state index >= 15 is 0 Å². The van der Waals surface area contributed by atoms with Crippen molar-refractivity contribution in [3.63, 3.8) is 0 Å². The number of nitrogens with one attached hydrogen (secondary N) is 1. The Labute approximate surface area is 130 Å². The summed E-state index contributed by atoms with van der Waals surface area (Å²) in [6, 6.07) is 5.52. The zero-order chi connectivity index (χ0) is 16.5. The third-order valence-electron chi connectivity index (χ3n) is 2.97. The molecule has 0 aliphatic heterocycles. The molecule has 0 atom stereocenters. The van der Waals surface area contributed by atoms with Gasteiger partial charge in [-0.1, -0.05) is 19.4 Å². The molecule has 22 heavy (non-hydrogen) atoms. The Balaban J connectivity index is 3.18. The van der Waals surface area contributed by atoms with Crippen molar-refractivity contribution >= 4 is 17.6 Å². The van der Waals surface area contributed by atoms with Crippen LogP contribution in [-0.4, -0.2) is 33.3 Å². The molecule has 1 N–H and O–H groups in total. The number of aryl methyl sites for hydroxylation is 1. The SMILES string of the molecule is CCCc1ccc(OC)cc1NC(=CC(=O)OC)C(=O)OC. The largest absolute Gasteiger partial charge is 0.497 e. The average molecular weight is 307 g/mol. The Bertz CT molecular complexity index is 566. The van der Waals surface area contributed by atoms with Crippen molar-refractivity contribution in [1.29, 1.82) is 0 Å². The molecule has 0 saturated heterocycles. The van der Waals surface area contributed by atoms with Crippen molar-refractivity contribution in [1.82, 2.24) is 0 Å². The highest BCUT2D eigenvalue weighted by Gasteiger charge is 2.15. The second kappa shape index (κ2) is 8.71. The molecule has 6 nitrogen and oxygen atoms in total. The van der Waals surface area contributed by atoms with Gasteiger partial charge in [0.15, 0.2) is 0 Å². The van der Waals surface area contributed by atoms with Gasteiger partial charge in [0, 0.05) is 11.8 Å². The molecule has 1 aromatic rings. The average Bonchev–Trinajstić information content (AvgIpc) is 2.54. The second-order valence-corrected chi connectivity index (χ2v) is 4.47. The number of methoxy groups -OCH3 is 3. The lowest BCUT2D eigenvalue weighted by Crippen LogP contribution is -2.16. The minimum Gasteiger partial charge on any atom is -0.497 e. The maximum atomic E-state index is 11.8. The highest BCUT2D eigenvalue weighted by atomic mass is 16.5. The van der Waals surface area contributed by atoms with E-state index < -0.39 is 11.9 Å². The van der Waals surface area contributed by atoms with Crippen LogP contribution >= 0.6 is 0 Å². The van der Waals surface area contributed by atoms with E-state index in [-0.39, 0.29) is 5.70 Å². The molecule has 0 saturated carbocycles. The zero-order valence-corrected chi connectivity index (χ0v) is 13.3. The van der Waals surface area contributed by atoms with E-state index in [9.17, 15) is 9.59 Å². The molecule has 120 valence electrons. The molecule has 0 bridgehead atoms.